The van der Waals surface area contributed by atoms with Crippen molar-refractivity contribution in [2.24, 2.45) is 5.10 Å². The molecule has 5 nitrogen and oxygen atoms in total. The first-order valence-electron chi connectivity index (χ1n) is 6.29. The Morgan fingerprint density at radius 1 is 1.45 bits per heavy atom. The molecule has 0 unspecified atom stereocenters. The smallest absolute Gasteiger partial charge is 0.439 e. The molecular weight excluding hydrogens is 277 g/mol. The summed E-state index contributed by atoms with van der Waals surface area (Å²) in [6.07, 6.45) is -6.23. The zero-order valence-electron chi connectivity index (χ0n) is 11.9. The van der Waals surface area contributed by atoms with E-state index in [4.69, 9.17) is 4.74 Å². The van der Waals surface area contributed by atoms with Gasteiger partial charge in [0.05, 0.1) is 0 Å². The number of halogens is 3. The number of hydrazone groups is 1. The van der Waals surface area contributed by atoms with Gasteiger partial charge in [0.2, 0.25) is 0 Å². The largest absolute Gasteiger partial charge is 0.442 e. The van der Waals surface area contributed by atoms with E-state index >= 15 is 0 Å². The summed E-state index contributed by atoms with van der Waals surface area (Å²) in [6.45, 7) is 6.32. The number of aliphatic hydroxyl groups is 1. The van der Waals surface area contributed by atoms with E-state index in [0.717, 1.165) is 0 Å². The lowest BCUT2D eigenvalue weighted by molar-refractivity contribution is -0.300. The van der Waals surface area contributed by atoms with E-state index < -0.39 is 30.0 Å². The molecule has 0 saturated carbocycles. The molecule has 0 aromatic carbocycles. The van der Waals surface area contributed by atoms with Crippen LogP contribution in [0.15, 0.2) is 5.10 Å². The maximum Gasteiger partial charge on any atom is 0.439 e. The van der Waals surface area contributed by atoms with Crippen LogP contribution < -0.4 is 0 Å². The molecule has 1 aliphatic heterocycles. The van der Waals surface area contributed by atoms with Gasteiger partial charge in [0.1, 0.15) is 5.60 Å². The van der Waals surface area contributed by atoms with Gasteiger partial charge in [-0.15, -0.1) is 0 Å². The number of carbonyl (C=O) groups is 1. The second-order valence-corrected chi connectivity index (χ2v) is 5.70. The molecule has 0 aromatic rings. The molecule has 1 heterocycles. The van der Waals surface area contributed by atoms with Crippen molar-refractivity contribution in [3.05, 3.63) is 0 Å². The first-order chi connectivity index (χ1) is 8.90. The minimum Gasteiger partial charge on any atom is -0.442 e. The predicted octanol–water partition coefficient (Wildman–Crippen LogP) is 3.03. The maximum absolute atomic E-state index is 13.0. The van der Waals surface area contributed by atoms with Crippen molar-refractivity contribution in [2.75, 3.05) is 0 Å². The van der Waals surface area contributed by atoms with Crippen molar-refractivity contribution in [1.82, 2.24) is 5.01 Å². The van der Waals surface area contributed by atoms with Crippen LogP contribution in [0.25, 0.3) is 0 Å². The monoisotopic (exact) mass is 296 g/mol. The van der Waals surface area contributed by atoms with Crippen LogP contribution in [0.5, 0.6) is 0 Å². The first-order valence-corrected chi connectivity index (χ1v) is 6.29. The van der Waals surface area contributed by atoms with E-state index in [1.165, 1.54) is 20.8 Å². The van der Waals surface area contributed by atoms with Gasteiger partial charge in [0, 0.05) is 12.1 Å². The van der Waals surface area contributed by atoms with Crippen LogP contribution in [0.2, 0.25) is 0 Å². The molecular formula is C12H19F3N2O3. The van der Waals surface area contributed by atoms with Crippen LogP contribution in [0.3, 0.4) is 0 Å². The molecule has 0 aromatic heterocycles. The van der Waals surface area contributed by atoms with Gasteiger partial charge in [-0.25, -0.2) is 4.79 Å². The van der Waals surface area contributed by atoms with E-state index in [0.29, 0.717) is 6.42 Å². The predicted molar refractivity (Wildman–Crippen MR) is 66.0 cm³/mol. The SMILES string of the molecule is CCCC1=NN(C(=O)OC(C)(C)C)[C@](O)(C(F)(F)F)C1. The van der Waals surface area contributed by atoms with Gasteiger partial charge in [-0.2, -0.15) is 23.3 Å². The van der Waals surface area contributed by atoms with Crippen LogP contribution >= 0.6 is 0 Å². The Balaban J connectivity index is 3.06. The summed E-state index contributed by atoms with van der Waals surface area (Å²) in [6, 6.07) is 0. The Morgan fingerprint density at radius 2 is 2.00 bits per heavy atom. The van der Waals surface area contributed by atoms with Crippen molar-refractivity contribution >= 4 is 11.8 Å². The molecule has 1 N–H and O–H groups in total. The third kappa shape index (κ3) is 3.41. The third-order valence-electron chi connectivity index (χ3n) is 2.60. The zero-order chi connectivity index (χ0) is 15.8. The lowest BCUT2D eigenvalue weighted by Gasteiger charge is -2.33. The van der Waals surface area contributed by atoms with Gasteiger partial charge < -0.3 is 9.84 Å². The van der Waals surface area contributed by atoms with Crippen LogP contribution in [-0.2, 0) is 4.74 Å². The maximum atomic E-state index is 13.0. The van der Waals surface area contributed by atoms with E-state index in [1.54, 1.807) is 6.92 Å². The van der Waals surface area contributed by atoms with Crippen LogP contribution in [0, 0.1) is 0 Å². The lowest BCUT2D eigenvalue weighted by atomic mass is 10.0. The molecule has 8 heteroatoms. The van der Waals surface area contributed by atoms with Gasteiger partial charge in [0.25, 0.3) is 5.72 Å². The second kappa shape index (κ2) is 5.23. The van der Waals surface area contributed by atoms with Gasteiger partial charge in [-0.1, -0.05) is 13.3 Å². The molecule has 0 radical (unpaired) electrons. The number of ether oxygens (including phenoxy) is 1. The lowest BCUT2D eigenvalue weighted by Crippen LogP contribution is -2.57. The summed E-state index contributed by atoms with van der Waals surface area (Å²) in [5, 5.41) is 13.4. The number of nitrogens with zero attached hydrogens (tertiary/aromatic N) is 2. The average Bonchev–Trinajstić information content (AvgIpc) is 2.54. The van der Waals surface area contributed by atoms with Crippen LogP contribution in [0.4, 0.5) is 18.0 Å². The highest BCUT2D eigenvalue weighted by Crippen LogP contribution is 2.41. The molecule has 1 rings (SSSR count). The summed E-state index contributed by atoms with van der Waals surface area (Å²) in [5.41, 5.74) is -4.19. The van der Waals surface area contributed by atoms with E-state index in [-0.39, 0.29) is 17.1 Å². The molecule has 0 spiro atoms. The minimum atomic E-state index is -5.01. The molecule has 20 heavy (non-hydrogen) atoms. The molecule has 1 atom stereocenters. The summed E-state index contributed by atoms with van der Waals surface area (Å²) >= 11 is 0. The Kier molecular flexibility index (Phi) is 4.38. The van der Waals surface area contributed by atoms with Crippen molar-refractivity contribution in [3.8, 4) is 0 Å². The fraction of sp³-hybridized carbons (Fsp3) is 0.833. The Bertz CT molecular complexity index is 415. The van der Waals surface area contributed by atoms with E-state index in [2.05, 4.69) is 5.10 Å². The fourth-order valence-electron chi connectivity index (χ4n) is 1.76. The Morgan fingerprint density at radius 3 is 2.40 bits per heavy atom. The molecule has 116 valence electrons. The summed E-state index contributed by atoms with van der Waals surface area (Å²) < 4.78 is 43.9. The highest BCUT2D eigenvalue weighted by Gasteiger charge is 2.63. The van der Waals surface area contributed by atoms with Crippen LogP contribution in [0.1, 0.15) is 47.0 Å². The minimum absolute atomic E-state index is 0.00322. The summed E-state index contributed by atoms with van der Waals surface area (Å²) in [7, 11) is 0. The summed E-state index contributed by atoms with van der Waals surface area (Å²) in [5.74, 6) is 0. The standard InChI is InChI=1S/C12H19F3N2O3/c1-5-6-8-7-11(19,12(13,14)15)17(16-8)9(18)20-10(2,3)4/h19H,5-7H2,1-4H3/t11-/m1/s1. The number of rotatable bonds is 2. The quantitative estimate of drug-likeness (QED) is 0.852. The number of carbonyl (C=O) groups excluding carboxylic acids is 1. The molecule has 0 fully saturated rings. The number of amides is 1. The number of alkyl halides is 3. The summed E-state index contributed by atoms with van der Waals surface area (Å²) in [4.78, 5) is 11.8. The molecule has 0 saturated heterocycles. The number of hydrogen-bond donors (Lipinski definition) is 1. The Labute approximate surface area is 115 Å². The van der Waals surface area contributed by atoms with Gasteiger partial charge >= 0.3 is 12.3 Å². The normalized spacial score (nSPS) is 23.8. The van der Waals surface area contributed by atoms with Crippen molar-refractivity contribution < 1.29 is 27.8 Å². The van der Waals surface area contributed by atoms with Gasteiger partial charge in [-0.05, 0) is 27.2 Å². The van der Waals surface area contributed by atoms with Gasteiger partial charge in [-0.3, -0.25) is 0 Å². The molecule has 0 bridgehead atoms. The Hall–Kier alpha value is -1.31. The zero-order valence-corrected chi connectivity index (χ0v) is 11.9. The van der Waals surface area contributed by atoms with E-state index in [1.807, 2.05) is 0 Å². The topological polar surface area (TPSA) is 62.1 Å². The average molecular weight is 296 g/mol. The van der Waals surface area contributed by atoms with Crippen molar-refractivity contribution in [2.45, 2.75) is 64.5 Å². The number of hydrogen-bond acceptors (Lipinski definition) is 4. The molecule has 0 aliphatic carbocycles. The van der Waals surface area contributed by atoms with E-state index in [9.17, 15) is 23.1 Å². The second-order valence-electron chi connectivity index (χ2n) is 5.70. The molecule has 1 aliphatic rings. The van der Waals surface area contributed by atoms with Gasteiger partial charge in [0.15, 0.2) is 0 Å². The highest BCUT2D eigenvalue weighted by atomic mass is 19.4. The van der Waals surface area contributed by atoms with Crippen molar-refractivity contribution in [1.29, 1.82) is 0 Å². The van der Waals surface area contributed by atoms with Crippen LogP contribution in [-0.4, -0.2) is 39.4 Å². The first kappa shape index (κ1) is 16.7. The highest BCUT2D eigenvalue weighted by molar-refractivity contribution is 5.89. The fourth-order valence-corrected chi connectivity index (χ4v) is 1.76. The third-order valence-corrected chi connectivity index (χ3v) is 2.60. The van der Waals surface area contributed by atoms with Crippen molar-refractivity contribution in [3.63, 3.8) is 0 Å². The molecule has 1 amide bonds.